The number of nitrogens with two attached hydrogens (primary N) is 1. The van der Waals surface area contributed by atoms with E-state index in [1.54, 1.807) is 48.5 Å². The lowest BCUT2D eigenvalue weighted by molar-refractivity contribution is -0.118. The maximum Gasteiger partial charge on any atom is 0.273 e. The van der Waals surface area contributed by atoms with Crippen molar-refractivity contribution in [2.75, 3.05) is 17.7 Å². The maximum atomic E-state index is 12.0. The molecule has 3 aromatic rings. The number of aryl methyl sites for hydroxylation is 1. The highest BCUT2D eigenvalue weighted by Gasteiger charge is 2.07. The second-order valence-electron chi connectivity index (χ2n) is 6.56. The van der Waals surface area contributed by atoms with Gasteiger partial charge in [0, 0.05) is 11.4 Å². The van der Waals surface area contributed by atoms with Crippen LogP contribution in [0, 0.1) is 6.92 Å². The monoisotopic (exact) mass is 402 g/mol. The normalized spacial score (nSPS) is 10.6. The summed E-state index contributed by atoms with van der Waals surface area (Å²) in [6.07, 6.45) is 1.51. The molecule has 0 aliphatic carbocycles. The molecule has 4 N–H and O–H groups in total. The van der Waals surface area contributed by atoms with E-state index < -0.39 is 0 Å². The van der Waals surface area contributed by atoms with Gasteiger partial charge in [0.05, 0.1) is 11.8 Å². The third-order valence-corrected chi connectivity index (χ3v) is 4.14. The third-order valence-electron chi connectivity index (χ3n) is 4.14. The fraction of sp³-hybridized carbons (Fsp3) is 0.0870. The van der Waals surface area contributed by atoms with Gasteiger partial charge in [-0.25, -0.2) is 5.43 Å². The Kier molecular flexibility index (Phi) is 6.78. The summed E-state index contributed by atoms with van der Waals surface area (Å²) in [4.78, 5) is 24.0. The molecule has 0 atom stereocenters. The lowest BCUT2D eigenvalue weighted by Crippen LogP contribution is -2.20. The van der Waals surface area contributed by atoms with Crippen molar-refractivity contribution in [3.05, 3.63) is 89.5 Å². The number of nitrogens with zero attached hydrogens (tertiary/aromatic N) is 1. The number of para-hydroxylation sites is 1. The number of benzene rings is 3. The van der Waals surface area contributed by atoms with Gasteiger partial charge in [0.15, 0.2) is 6.61 Å². The molecule has 0 unspecified atom stereocenters. The summed E-state index contributed by atoms with van der Waals surface area (Å²) in [6, 6.07) is 21.3. The molecular weight excluding hydrogens is 380 g/mol. The minimum absolute atomic E-state index is 0.101. The second-order valence-corrected chi connectivity index (χ2v) is 6.56. The van der Waals surface area contributed by atoms with Crippen molar-refractivity contribution in [3.8, 4) is 5.75 Å². The molecule has 2 amide bonds. The van der Waals surface area contributed by atoms with Gasteiger partial charge in [0.1, 0.15) is 5.75 Å². The first-order chi connectivity index (χ1) is 14.5. The predicted molar refractivity (Wildman–Crippen MR) is 118 cm³/mol. The molecule has 0 spiro atoms. The average Bonchev–Trinajstić information content (AvgIpc) is 2.73. The van der Waals surface area contributed by atoms with Gasteiger partial charge in [-0.05, 0) is 66.6 Å². The first-order valence-electron chi connectivity index (χ1n) is 9.28. The molecule has 0 fully saturated rings. The van der Waals surface area contributed by atoms with Gasteiger partial charge in [-0.2, -0.15) is 5.10 Å². The Balaban J connectivity index is 1.47. The molecular formula is C23H22N4O3. The van der Waals surface area contributed by atoms with Crippen LogP contribution in [0.25, 0.3) is 0 Å². The molecule has 7 heteroatoms. The van der Waals surface area contributed by atoms with E-state index in [-0.39, 0.29) is 18.4 Å². The molecule has 0 saturated heterocycles. The van der Waals surface area contributed by atoms with Crippen LogP contribution in [-0.2, 0) is 4.79 Å². The van der Waals surface area contributed by atoms with Gasteiger partial charge in [0.2, 0.25) is 0 Å². The third kappa shape index (κ3) is 5.93. The summed E-state index contributed by atoms with van der Waals surface area (Å²) in [6.45, 7) is 1.86. The van der Waals surface area contributed by atoms with Crippen molar-refractivity contribution < 1.29 is 14.3 Å². The summed E-state index contributed by atoms with van der Waals surface area (Å²) < 4.78 is 5.50. The second kappa shape index (κ2) is 9.88. The number of carbonyl (C=O) groups is 2. The molecule has 0 aliphatic rings. The molecule has 0 radical (unpaired) electrons. The van der Waals surface area contributed by atoms with Crippen molar-refractivity contribution in [2.45, 2.75) is 6.92 Å². The zero-order valence-corrected chi connectivity index (χ0v) is 16.5. The van der Waals surface area contributed by atoms with Crippen LogP contribution in [0.15, 0.2) is 77.9 Å². The van der Waals surface area contributed by atoms with E-state index in [1.807, 2.05) is 31.2 Å². The number of hydrogen-bond donors (Lipinski definition) is 3. The van der Waals surface area contributed by atoms with Gasteiger partial charge in [-0.3, -0.25) is 9.59 Å². The van der Waals surface area contributed by atoms with E-state index in [0.717, 1.165) is 16.8 Å². The molecule has 0 aliphatic heterocycles. The number of anilines is 2. The molecule has 7 nitrogen and oxygen atoms in total. The van der Waals surface area contributed by atoms with Crippen molar-refractivity contribution in [1.29, 1.82) is 0 Å². The van der Waals surface area contributed by atoms with E-state index in [4.69, 9.17) is 10.5 Å². The van der Waals surface area contributed by atoms with Gasteiger partial charge < -0.3 is 15.8 Å². The zero-order valence-electron chi connectivity index (χ0n) is 16.5. The molecule has 0 saturated carbocycles. The molecule has 3 aromatic carbocycles. The highest BCUT2D eigenvalue weighted by molar-refractivity contribution is 5.99. The summed E-state index contributed by atoms with van der Waals surface area (Å²) in [5, 5.41) is 6.72. The van der Waals surface area contributed by atoms with Gasteiger partial charge in [-0.1, -0.05) is 24.3 Å². The van der Waals surface area contributed by atoms with E-state index in [9.17, 15) is 9.59 Å². The van der Waals surface area contributed by atoms with E-state index in [0.29, 0.717) is 17.0 Å². The van der Waals surface area contributed by atoms with Crippen molar-refractivity contribution in [3.63, 3.8) is 0 Å². The summed E-state index contributed by atoms with van der Waals surface area (Å²) >= 11 is 0. The number of carbonyl (C=O) groups excluding carboxylic acids is 2. The van der Waals surface area contributed by atoms with Crippen LogP contribution >= 0.6 is 0 Å². The highest BCUT2D eigenvalue weighted by atomic mass is 16.5. The average molecular weight is 402 g/mol. The number of rotatable bonds is 7. The number of hydrogen-bond acceptors (Lipinski definition) is 5. The van der Waals surface area contributed by atoms with E-state index in [1.165, 1.54) is 6.21 Å². The molecule has 0 heterocycles. The number of nitrogen functional groups attached to an aromatic ring is 1. The zero-order chi connectivity index (χ0) is 21.3. The van der Waals surface area contributed by atoms with E-state index in [2.05, 4.69) is 15.8 Å². The number of nitrogens with one attached hydrogen (secondary N) is 2. The molecule has 0 bridgehead atoms. The fourth-order valence-corrected chi connectivity index (χ4v) is 2.65. The number of hydrazone groups is 1. The first kappa shape index (κ1) is 20.6. The quantitative estimate of drug-likeness (QED) is 0.320. The van der Waals surface area contributed by atoms with Crippen molar-refractivity contribution in [1.82, 2.24) is 5.43 Å². The van der Waals surface area contributed by atoms with Crippen LogP contribution in [0.3, 0.4) is 0 Å². The van der Waals surface area contributed by atoms with Gasteiger partial charge in [0.25, 0.3) is 11.8 Å². The first-order valence-corrected chi connectivity index (χ1v) is 9.28. The van der Waals surface area contributed by atoms with Crippen LogP contribution in [0.2, 0.25) is 0 Å². The minimum Gasteiger partial charge on any atom is -0.484 e. The Morgan fingerprint density at radius 2 is 1.80 bits per heavy atom. The highest BCUT2D eigenvalue weighted by Crippen LogP contribution is 2.13. The maximum absolute atomic E-state index is 12.0. The summed E-state index contributed by atoms with van der Waals surface area (Å²) in [5.74, 6) is -0.0781. The smallest absolute Gasteiger partial charge is 0.273 e. The van der Waals surface area contributed by atoms with Crippen LogP contribution < -0.4 is 21.2 Å². The summed E-state index contributed by atoms with van der Waals surface area (Å²) in [7, 11) is 0. The van der Waals surface area contributed by atoms with Crippen LogP contribution in [0.5, 0.6) is 5.75 Å². The Bertz CT molecular complexity index is 1060. The standard InChI is InChI=1S/C23H22N4O3/c1-16-5-4-6-18(13-16)26-22(28)15-30-19-11-9-17(10-12-19)14-25-27-23(29)20-7-2-3-8-21(20)24/h2-14H,15,24H2,1H3,(H,26,28)(H,27,29)/b25-14-. The van der Waals surface area contributed by atoms with Crippen molar-refractivity contribution in [2.24, 2.45) is 5.10 Å². The lowest BCUT2D eigenvalue weighted by atomic mass is 10.2. The van der Waals surface area contributed by atoms with Gasteiger partial charge in [-0.15, -0.1) is 0 Å². The van der Waals surface area contributed by atoms with Crippen LogP contribution in [-0.4, -0.2) is 24.6 Å². The Labute approximate surface area is 174 Å². The van der Waals surface area contributed by atoms with Crippen LogP contribution in [0.1, 0.15) is 21.5 Å². The largest absolute Gasteiger partial charge is 0.484 e. The molecule has 3 rings (SSSR count). The van der Waals surface area contributed by atoms with E-state index >= 15 is 0 Å². The van der Waals surface area contributed by atoms with Crippen LogP contribution in [0.4, 0.5) is 11.4 Å². The van der Waals surface area contributed by atoms with Gasteiger partial charge >= 0.3 is 0 Å². The SMILES string of the molecule is Cc1cccc(NC(=O)COc2ccc(/C=N\NC(=O)c3ccccc3N)cc2)c1. The Morgan fingerprint density at radius 1 is 1.03 bits per heavy atom. The number of amides is 2. The molecule has 30 heavy (non-hydrogen) atoms. The predicted octanol–water partition coefficient (Wildman–Crippen LogP) is 3.36. The lowest BCUT2D eigenvalue weighted by Gasteiger charge is -2.08. The minimum atomic E-state index is -0.385. The molecule has 152 valence electrons. The van der Waals surface area contributed by atoms with Crippen molar-refractivity contribution >= 4 is 29.4 Å². The topological polar surface area (TPSA) is 106 Å². The fourth-order valence-electron chi connectivity index (χ4n) is 2.65. The number of ether oxygens (including phenoxy) is 1. The Morgan fingerprint density at radius 3 is 2.53 bits per heavy atom. The Hall–Kier alpha value is -4.13. The summed E-state index contributed by atoms with van der Waals surface area (Å²) in [5.41, 5.74) is 11.5. The molecule has 0 aromatic heterocycles.